The molecule has 1 aromatic carbocycles. The van der Waals surface area contributed by atoms with Crippen molar-refractivity contribution in [3.8, 4) is 0 Å². The maximum absolute atomic E-state index is 12.1. The van der Waals surface area contributed by atoms with Crippen molar-refractivity contribution in [1.29, 1.82) is 0 Å². The van der Waals surface area contributed by atoms with Crippen molar-refractivity contribution < 1.29 is 4.79 Å². The molecule has 0 radical (unpaired) electrons. The van der Waals surface area contributed by atoms with E-state index in [4.69, 9.17) is 11.6 Å². The van der Waals surface area contributed by atoms with Crippen molar-refractivity contribution >= 4 is 28.5 Å². The standard InChI is InChI=1S/C16H18ClN5O/c1-10-8-19-22(9-10)11(2)16(23)18-6-5-15-20-13-4-3-12(17)7-14(13)21-15/h3-4,7-9,11H,5-6H2,1-2H3,(H,18,23)(H,20,21). The summed E-state index contributed by atoms with van der Waals surface area (Å²) in [5.41, 5.74) is 2.81. The molecule has 6 nitrogen and oxygen atoms in total. The smallest absolute Gasteiger partial charge is 0.244 e. The number of rotatable bonds is 5. The Balaban J connectivity index is 1.56. The van der Waals surface area contributed by atoms with Crippen LogP contribution in [0.25, 0.3) is 11.0 Å². The van der Waals surface area contributed by atoms with Crippen molar-refractivity contribution in [3.05, 3.63) is 47.0 Å². The molecular formula is C16H18ClN5O. The van der Waals surface area contributed by atoms with E-state index in [9.17, 15) is 4.79 Å². The Kier molecular flexibility index (Phi) is 4.34. The minimum Gasteiger partial charge on any atom is -0.354 e. The second kappa shape index (κ2) is 6.42. The molecule has 3 aromatic rings. The van der Waals surface area contributed by atoms with E-state index in [2.05, 4.69) is 20.4 Å². The molecule has 7 heteroatoms. The molecule has 3 rings (SSSR count). The number of benzene rings is 1. The fourth-order valence-electron chi connectivity index (χ4n) is 2.37. The van der Waals surface area contributed by atoms with Gasteiger partial charge in [0.25, 0.3) is 0 Å². The van der Waals surface area contributed by atoms with Gasteiger partial charge in [-0.2, -0.15) is 5.10 Å². The number of hydrogen-bond acceptors (Lipinski definition) is 3. The van der Waals surface area contributed by atoms with Gasteiger partial charge in [0.15, 0.2) is 0 Å². The molecule has 1 atom stereocenters. The molecule has 0 fully saturated rings. The highest BCUT2D eigenvalue weighted by Gasteiger charge is 2.15. The van der Waals surface area contributed by atoms with Gasteiger partial charge in [0, 0.05) is 24.2 Å². The molecule has 0 spiro atoms. The van der Waals surface area contributed by atoms with Crippen LogP contribution in [-0.4, -0.2) is 32.2 Å². The number of halogens is 1. The number of carbonyl (C=O) groups is 1. The lowest BCUT2D eigenvalue weighted by molar-refractivity contribution is -0.124. The summed E-state index contributed by atoms with van der Waals surface area (Å²) in [5, 5.41) is 7.74. The number of imidazole rings is 1. The predicted octanol–water partition coefficient (Wildman–Crippen LogP) is 2.64. The molecule has 0 aliphatic heterocycles. The van der Waals surface area contributed by atoms with Crippen LogP contribution in [0.4, 0.5) is 0 Å². The summed E-state index contributed by atoms with van der Waals surface area (Å²) in [6.45, 7) is 4.28. The monoisotopic (exact) mass is 331 g/mol. The third kappa shape index (κ3) is 3.53. The topological polar surface area (TPSA) is 75.6 Å². The molecule has 1 unspecified atom stereocenters. The first-order chi connectivity index (χ1) is 11.0. The van der Waals surface area contributed by atoms with Gasteiger partial charge in [-0.25, -0.2) is 4.98 Å². The van der Waals surface area contributed by atoms with E-state index in [0.29, 0.717) is 18.0 Å². The van der Waals surface area contributed by atoms with Crippen LogP contribution in [0.3, 0.4) is 0 Å². The van der Waals surface area contributed by atoms with Gasteiger partial charge >= 0.3 is 0 Å². The molecule has 1 amide bonds. The summed E-state index contributed by atoms with van der Waals surface area (Å²) in [4.78, 5) is 19.8. The number of aromatic amines is 1. The first kappa shape index (κ1) is 15.6. The minimum absolute atomic E-state index is 0.0627. The van der Waals surface area contributed by atoms with Gasteiger partial charge in [-0.1, -0.05) is 11.6 Å². The van der Waals surface area contributed by atoms with E-state index >= 15 is 0 Å². The summed E-state index contributed by atoms with van der Waals surface area (Å²) >= 11 is 5.96. The van der Waals surface area contributed by atoms with Crippen molar-refractivity contribution in [1.82, 2.24) is 25.1 Å². The van der Waals surface area contributed by atoms with E-state index in [1.165, 1.54) is 0 Å². The number of fused-ring (bicyclic) bond motifs is 1. The van der Waals surface area contributed by atoms with E-state index in [-0.39, 0.29) is 11.9 Å². The zero-order chi connectivity index (χ0) is 16.4. The maximum atomic E-state index is 12.1. The molecule has 0 aliphatic rings. The van der Waals surface area contributed by atoms with Crippen molar-refractivity contribution in [2.75, 3.05) is 6.54 Å². The van der Waals surface area contributed by atoms with E-state index in [1.807, 2.05) is 38.2 Å². The van der Waals surface area contributed by atoms with Crippen LogP contribution in [0.1, 0.15) is 24.4 Å². The molecule has 0 bridgehead atoms. The van der Waals surface area contributed by atoms with Gasteiger partial charge in [-0.3, -0.25) is 9.48 Å². The molecule has 23 heavy (non-hydrogen) atoms. The van der Waals surface area contributed by atoms with E-state index < -0.39 is 0 Å². The summed E-state index contributed by atoms with van der Waals surface area (Å²) in [7, 11) is 0. The van der Waals surface area contributed by atoms with Crippen LogP contribution in [-0.2, 0) is 11.2 Å². The summed E-state index contributed by atoms with van der Waals surface area (Å²) < 4.78 is 1.66. The highest BCUT2D eigenvalue weighted by molar-refractivity contribution is 6.31. The minimum atomic E-state index is -0.335. The highest BCUT2D eigenvalue weighted by Crippen LogP contribution is 2.17. The lowest BCUT2D eigenvalue weighted by atomic mass is 10.3. The number of H-pyrrole nitrogens is 1. The number of amides is 1. The highest BCUT2D eigenvalue weighted by atomic mass is 35.5. The lowest BCUT2D eigenvalue weighted by Crippen LogP contribution is -2.32. The maximum Gasteiger partial charge on any atom is 0.244 e. The quantitative estimate of drug-likeness (QED) is 0.754. The van der Waals surface area contributed by atoms with Gasteiger partial charge in [0.05, 0.1) is 17.2 Å². The molecule has 0 aliphatic carbocycles. The third-order valence-electron chi connectivity index (χ3n) is 3.66. The molecule has 120 valence electrons. The zero-order valence-electron chi connectivity index (χ0n) is 13.0. The molecule has 2 aromatic heterocycles. The Bertz CT molecular complexity index is 838. The number of nitrogens with one attached hydrogen (secondary N) is 2. The fourth-order valence-corrected chi connectivity index (χ4v) is 2.54. The van der Waals surface area contributed by atoms with Crippen LogP contribution in [0.5, 0.6) is 0 Å². The summed E-state index contributed by atoms with van der Waals surface area (Å²) in [6, 6.07) is 5.19. The summed E-state index contributed by atoms with van der Waals surface area (Å²) in [6.07, 6.45) is 4.22. The second-order valence-electron chi connectivity index (χ2n) is 5.56. The number of nitrogens with zero attached hydrogens (tertiary/aromatic N) is 3. The molecule has 2 N–H and O–H groups in total. The van der Waals surface area contributed by atoms with E-state index in [1.54, 1.807) is 10.9 Å². The predicted molar refractivity (Wildman–Crippen MR) is 89.5 cm³/mol. The number of hydrogen-bond donors (Lipinski definition) is 2. The van der Waals surface area contributed by atoms with Crippen LogP contribution >= 0.6 is 11.6 Å². The van der Waals surface area contributed by atoms with E-state index in [0.717, 1.165) is 22.4 Å². The normalized spacial score (nSPS) is 12.5. The fraction of sp³-hybridized carbons (Fsp3) is 0.312. The molecule has 0 saturated heterocycles. The Morgan fingerprint density at radius 3 is 3.04 bits per heavy atom. The molecule has 2 heterocycles. The summed E-state index contributed by atoms with van der Waals surface area (Å²) in [5.74, 6) is 0.761. The van der Waals surface area contributed by atoms with Gasteiger partial charge in [-0.05, 0) is 37.6 Å². The molecule has 0 saturated carbocycles. The van der Waals surface area contributed by atoms with Crippen molar-refractivity contribution in [2.24, 2.45) is 0 Å². The SMILES string of the molecule is Cc1cnn(C(C)C(=O)NCCc2nc3ccc(Cl)cc3[nH]2)c1. The average Bonchev–Trinajstić information content (AvgIpc) is 3.11. The van der Waals surface area contributed by atoms with Gasteiger partial charge in [0.2, 0.25) is 5.91 Å². The Labute approximate surface area is 138 Å². The Hall–Kier alpha value is -2.34. The average molecular weight is 332 g/mol. The van der Waals surface area contributed by atoms with Gasteiger partial charge in [0.1, 0.15) is 11.9 Å². The van der Waals surface area contributed by atoms with Crippen LogP contribution < -0.4 is 5.32 Å². The van der Waals surface area contributed by atoms with Gasteiger partial charge in [-0.15, -0.1) is 0 Å². The zero-order valence-corrected chi connectivity index (χ0v) is 13.8. The second-order valence-corrected chi connectivity index (χ2v) is 6.00. The largest absolute Gasteiger partial charge is 0.354 e. The first-order valence-electron chi connectivity index (χ1n) is 7.45. The van der Waals surface area contributed by atoms with Crippen LogP contribution in [0, 0.1) is 6.92 Å². The van der Waals surface area contributed by atoms with Crippen molar-refractivity contribution in [3.63, 3.8) is 0 Å². The van der Waals surface area contributed by atoms with Gasteiger partial charge < -0.3 is 10.3 Å². The van der Waals surface area contributed by atoms with Crippen molar-refractivity contribution in [2.45, 2.75) is 26.3 Å². The number of aromatic nitrogens is 4. The van der Waals surface area contributed by atoms with Crippen LogP contribution in [0.15, 0.2) is 30.6 Å². The Morgan fingerprint density at radius 2 is 2.30 bits per heavy atom. The number of aryl methyl sites for hydroxylation is 1. The first-order valence-corrected chi connectivity index (χ1v) is 7.83. The number of carbonyl (C=O) groups excluding carboxylic acids is 1. The van der Waals surface area contributed by atoms with Crippen LogP contribution in [0.2, 0.25) is 5.02 Å². The third-order valence-corrected chi connectivity index (χ3v) is 3.90. The molecular weight excluding hydrogens is 314 g/mol. The Morgan fingerprint density at radius 1 is 1.48 bits per heavy atom. The lowest BCUT2D eigenvalue weighted by Gasteiger charge is -2.12.